The fourth-order valence-corrected chi connectivity index (χ4v) is 1.29. The van der Waals surface area contributed by atoms with Gasteiger partial charge in [0.15, 0.2) is 0 Å². The van der Waals surface area contributed by atoms with Crippen LogP contribution in [0.4, 0.5) is 5.82 Å². The number of rotatable bonds is 5. The van der Waals surface area contributed by atoms with Gasteiger partial charge in [-0.05, 0) is 35.9 Å². The maximum atomic E-state index is 11.5. The Balaban J connectivity index is 2.89. The Kier molecular flexibility index (Phi) is 4.38. The van der Waals surface area contributed by atoms with Crippen LogP contribution in [0.25, 0.3) is 0 Å². The zero-order valence-corrected chi connectivity index (χ0v) is 11.0. The lowest BCUT2D eigenvalue weighted by molar-refractivity contribution is -0.390. The second-order valence-electron chi connectivity index (χ2n) is 4.68. The van der Waals surface area contributed by atoms with E-state index in [0.29, 0.717) is 5.69 Å². The fourth-order valence-electron chi connectivity index (χ4n) is 1.29. The highest BCUT2D eigenvalue weighted by atomic mass is 16.6. The van der Waals surface area contributed by atoms with Gasteiger partial charge in [-0.2, -0.15) is 0 Å². The summed E-state index contributed by atoms with van der Waals surface area (Å²) < 4.78 is 5.32. The molecule has 3 N–H and O–H groups in total. The number of amides is 1. The molecule has 8 heteroatoms. The van der Waals surface area contributed by atoms with Crippen molar-refractivity contribution >= 4 is 11.7 Å². The molecular formula is C11H16N4O4. The van der Waals surface area contributed by atoms with E-state index in [1.165, 1.54) is 6.07 Å². The third-order valence-electron chi connectivity index (χ3n) is 2.49. The quantitative estimate of drug-likeness (QED) is 0.351. The Labute approximate surface area is 110 Å². The largest absolute Gasteiger partial charge is 0.485 e. The number of nitro groups is 1. The standard InChI is InChI=1S/C11H16N4O4/c1-7-4-5-8(9(13-7)15(17)18)19-6-11(2,3)10(16)14-12/h4-5H,6,12H2,1-3H3,(H,14,16). The van der Waals surface area contributed by atoms with Crippen LogP contribution < -0.4 is 16.0 Å². The van der Waals surface area contributed by atoms with Crippen LogP contribution in [0.15, 0.2) is 12.1 Å². The summed E-state index contributed by atoms with van der Waals surface area (Å²) in [6.45, 7) is 4.81. The van der Waals surface area contributed by atoms with Gasteiger partial charge in [0.2, 0.25) is 11.7 Å². The van der Waals surface area contributed by atoms with Gasteiger partial charge >= 0.3 is 5.82 Å². The number of hydrazine groups is 1. The highest BCUT2D eigenvalue weighted by molar-refractivity contribution is 5.81. The summed E-state index contributed by atoms with van der Waals surface area (Å²) in [5, 5.41) is 10.9. The van der Waals surface area contributed by atoms with Crippen LogP contribution in [0.3, 0.4) is 0 Å². The molecule has 0 fully saturated rings. The monoisotopic (exact) mass is 268 g/mol. The zero-order valence-electron chi connectivity index (χ0n) is 11.0. The lowest BCUT2D eigenvalue weighted by atomic mass is 9.94. The van der Waals surface area contributed by atoms with Gasteiger partial charge in [0.1, 0.15) is 12.3 Å². The molecule has 1 amide bonds. The van der Waals surface area contributed by atoms with E-state index in [1.54, 1.807) is 26.8 Å². The summed E-state index contributed by atoms with van der Waals surface area (Å²) in [6.07, 6.45) is 0. The van der Waals surface area contributed by atoms with Crippen LogP contribution in [-0.4, -0.2) is 22.4 Å². The molecular weight excluding hydrogens is 252 g/mol. The Morgan fingerprint density at radius 1 is 1.58 bits per heavy atom. The Hall–Kier alpha value is -2.22. The van der Waals surface area contributed by atoms with Crippen molar-refractivity contribution in [3.63, 3.8) is 0 Å². The van der Waals surface area contributed by atoms with Crippen molar-refractivity contribution in [1.82, 2.24) is 10.4 Å². The molecule has 0 unspecified atom stereocenters. The normalized spacial score (nSPS) is 10.9. The van der Waals surface area contributed by atoms with E-state index in [9.17, 15) is 14.9 Å². The van der Waals surface area contributed by atoms with Gasteiger partial charge in [-0.3, -0.25) is 10.2 Å². The topological polar surface area (TPSA) is 120 Å². The predicted octanol–water partition coefficient (Wildman–Crippen LogP) is 0.693. The van der Waals surface area contributed by atoms with Crippen molar-refractivity contribution < 1.29 is 14.5 Å². The molecule has 8 nitrogen and oxygen atoms in total. The fraction of sp³-hybridized carbons (Fsp3) is 0.455. The number of aryl methyl sites for hydroxylation is 1. The summed E-state index contributed by atoms with van der Waals surface area (Å²) in [4.78, 5) is 25.5. The van der Waals surface area contributed by atoms with E-state index in [0.717, 1.165) is 0 Å². The molecule has 0 atom stereocenters. The van der Waals surface area contributed by atoms with E-state index in [2.05, 4.69) is 4.98 Å². The number of carbonyl (C=O) groups is 1. The molecule has 0 aromatic carbocycles. The molecule has 0 saturated carbocycles. The van der Waals surface area contributed by atoms with Crippen LogP contribution in [0.2, 0.25) is 0 Å². The third kappa shape index (κ3) is 3.62. The number of hydrogen-bond acceptors (Lipinski definition) is 6. The summed E-state index contributed by atoms with van der Waals surface area (Å²) in [6, 6.07) is 3.05. The third-order valence-corrected chi connectivity index (χ3v) is 2.49. The molecule has 0 saturated heterocycles. The number of carbonyl (C=O) groups excluding carboxylic acids is 1. The molecule has 0 aliphatic carbocycles. The number of ether oxygens (including phenoxy) is 1. The van der Waals surface area contributed by atoms with Crippen molar-refractivity contribution in [3.8, 4) is 5.75 Å². The Morgan fingerprint density at radius 3 is 2.74 bits per heavy atom. The first-order valence-corrected chi connectivity index (χ1v) is 5.54. The number of nitrogens with two attached hydrogens (primary N) is 1. The van der Waals surface area contributed by atoms with Crippen molar-refractivity contribution in [3.05, 3.63) is 27.9 Å². The average molecular weight is 268 g/mol. The highest BCUT2D eigenvalue weighted by Crippen LogP contribution is 2.26. The smallest absolute Gasteiger partial charge is 0.406 e. The number of aromatic nitrogens is 1. The van der Waals surface area contributed by atoms with Gasteiger partial charge in [0, 0.05) is 6.92 Å². The molecule has 0 bridgehead atoms. The van der Waals surface area contributed by atoms with Crippen molar-refractivity contribution in [2.24, 2.45) is 11.3 Å². The zero-order chi connectivity index (χ0) is 14.6. The Morgan fingerprint density at radius 2 is 2.21 bits per heavy atom. The van der Waals surface area contributed by atoms with E-state index in [-0.39, 0.29) is 18.2 Å². The summed E-state index contributed by atoms with van der Waals surface area (Å²) in [5.41, 5.74) is 1.62. The molecule has 1 aromatic rings. The number of nitrogens with one attached hydrogen (secondary N) is 1. The van der Waals surface area contributed by atoms with Crippen LogP contribution in [0, 0.1) is 22.5 Å². The molecule has 1 aromatic heterocycles. The Bertz CT molecular complexity index is 501. The summed E-state index contributed by atoms with van der Waals surface area (Å²) in [7, 11) is 0. The average Bonchev–Trinajstić information content (AvgIpc) is 2.36. The van der Waals surface area contributed by atoms with Gasteiger partial charge < -0.3 is 14.9 Å². The predicted molar refractivity (Wildman–Crippen MR) is 67.2 cm³/mol. The molecule has 0 aliphatic rings. The molecule has 0 radical (unpaired) electrons. The first kappa shape index (κ1) is 14.8. The molecule has 104 valence electrons. The van der Waals surface area contributed by atoms with Crippen LogP contribution in [0.5, 0.6) is 5.75 Å². The molecule has 19 heavy (non-hydrogen) atoms. The molecule has 0 aliphatic heterocycles. The van der Waals surface area contributed by atoms with Crippen molar-refractivity contribution in [2.75, 3.05) is 6.61 Å². The minimum atomic E-state index is -0.909. The molecule has 1 heterocycles. The number of hydrogen-bond donors (Lipinski definition) is 2. The number of pyridine rings is 1. The summed E-state index contributed by atoms with van der Waals surface area (Å²) in [5.74, 6) is 4.28. The van der Waals surface area contributed by atoms with Gasteiger partial charge in [0.05, 0.1) is 5.41 Å². The van der Waals surface area contributed by atoms with E-state index < -0.39 is 16.2 Å². The first-order chi connectivity index (χ1) is 8.77. The highest BCUT2D eigenvalue weighted by Gasteiger charge is 2.29. The number of nitrogens with zero attached hydrogens (tertiary/aromatic N) is 2. The van der Waals surface area contributed by atoms with Gasteiger partial charge in [-0.25, -0.2) is 5.84 Å². The second kappa shape index (κ2) is 5.61. The van der Waals surface area contributed by atoms with E-state index >= 15 is 0 Å². The SMILES string of the molecule is Cc1ccc(OCC(C)(C)C(=O)NN)c([N+](=O)[O-])n1. The molecule has 1 rings (SSSR count). The van der Waals surface area contributed by atoms with Gasteiger partial charge in [0.25, 0.3) is 0 Å². The van der Waals surface area contributed by atoms with Crippen LogP contribution in [-0.2, 0) is 4.79 Å². The van der Waals surface area contributed by atoms with E-state index in [4.69, 9.17) is 10.6 Å². The van der Waals surface area contributed by atoms with Gasteiger partial charge in [-0.15, -0.1) is 0 Å². The maximum absolute atomic E-state index is 11.5. The van der Waals surface area contributed by atoms with Crippen molar-refractivity contribution in [1.29, 1.82) is 0 Å². The lowest BCUT2D eigenvalue weighted by Gasteiger charge is -2.22. The minimum absolute atomic E-state index is 0.0218. The van der Waals surface area contributed by atoms with Gasteiger partial charge in [-0.1, -0.05) is 0 Å². The molecule has 0 spiro atoms. The van der Waals surface area contributed by atoms with Crippen molar-refractivity contribution in [2.45, 2.75) is 20.8 Å². The lowest BCUT2D eigenvalue weighted by Crippen LogP contribution is -2.44. The first-order valence-electron chi connectivity index (χ1n) is 5.54. The second-order valence-corrected chi connectivity index (χ2v) is 4.68. The van der Waals surface area contributed by atoms with E-state index in [1.807, 2.05) is 5.43 Å². The van der Waals surface area contributed by atoms with Crippen LogP contribution in [0.1, 0.15) is 19.5 Å². The summed E-state index contributed by atoms with van der Waals surface area (Å²) >= 11 is 0. The van der Waals surface area contributed by atoms with Crippen LogP contribution >= 0.6 is 0 Å². The minimum Gasteiger partial charge on any atom is -0.485 e. The maximum Gasteiger partial charge on any atom is 0.406 e.